The summed E-state index contributed by atoms with van der Waals surface area (Å²) in [4.78, 5) is 27.3. The number of hydrogen-bond donors (Lipinski definition) is 1. The molecular formula is C27H21ClN2O2S. The molecule has 0 aliphatic carbocycles. The van der Waals surface area contributed by atoms with E-state index in [9.17, 15) is 9.59 Å². The summed E-state index contributed by atoms with van der Waals surface area (Å²) in [6.07, 6.45) is 0. The fourth-order valence-electron chi connectivity index (χ4n) is 4.02. The van der Waals surface area contributed by atoms with Crippen molar-refractivity contribution < 1.29 is 9.59 Å². The fourth-order valence-corrected chi connectivity index (χ4v) is 5.33. The lowest BCUT2D eigenvalue weighted by Gasteiger charge is -2.24. The lowest BCUT2D eigenvalue weighted by molar-refractivity contribution is -0.128. The van der Waals surface area contributed by atoms with Crippen LogP contribution in [0.4, 0.5) is 5.69 Å². The van der Waals surface area contributed by atoms with E-state index in [1.54, 1.807) is 11.8 Å². The van der Waals surface area contributed by atoms with Crippen molar-refractivity contribution in [1.29, 1.82) is 0 Å². The number of anilines is 1. The molecule has 0 bridgehead atoms. The van der Waals surface area contributed by atoms with Crippen LogP contribution in [0.25, 0.3) is 10.8 Å². The molecule has 1 aliphatic rings. The molecule has 1 aliphatic heterocycles. The molecule has 4 aromatic rings. The average Bonchev–Trinajstić information content (AvgIpc) is 3.21. The smallest absolute Gasteiger partial charge is 0.255 e. The lowest BCUT2D eigenvalue weighted by atomic mass is 10.1. The Morgan fingerprint density at radius 3 is 2.45 bits per heavy atom. The van der Waals surface area contributed by atoms with Gasteiger partial charge in [-0.2, -0.15) is 0 Å². The van der Waals surface area contributed by atoms with Crippen molar-refractivity contribution in [3.05, 3.63) is 113 Å². The van der Waals surface area contributed by atoms with Crippen LogP contribution in [0.5, 0.6) is 0 Å². The number of hydrogen-bond acceptors (Lipinski definition) is 3. The van der Waals surface area contributed by atoms with Gasteiger partial charge < -0.3 is 10.2 Å². The summed E-state index contributed by atoms with van der Waals surface area (Å²) < 4.78 is 0. The number of benzene rings is 4. The first kappa shape index (κ1) is 21.6. The zero-order valence-electron chi connectivity index (χ0n) is 17.7. The molecule has 6 heteroatoms. The molecule has 1 N–H and O–H groups in total. The number of nitrogens with zero attached hydrogens (tertiary/aromatic N) is 1. The van der Waals surface area contributed by atoms with Crippen molar-refractivity contribution in [2.24, 2.45) is 0 Å². The standard InChI is InChI=1S/C27H21ClN2O2S/c28-22-14-8-18(9-15-22)16-30-25(31)17-33-27(30)21-12-10-20(11-13-21)26(32)29-24-7-3-5-19-4-1-2-6-23(19)24/h1-15,27H,16-17H2,(H,29,32)/t27-/m0/s1. The predicted molar refractivity (Wildman–Crippen MR) is 136 cm³/mol. The largest absolute Gasteiger partial charge is 0.322 e. The Bertz CT molecular complexity index is 1320. The molecule has 164 valence electrons. The molecule has 0 unspecified atom stereocenters. The van der Waals surface area contributed by atoms with Crippen molar-refractivity contribution in [1.82, 2.24) is 4.90 Å². The minimum absolute atomic E-state index is 0.0802. The van der Waals surface area contributed by atoms with Crippen molar-refractivity contribution >= 4 is 51.6 Å². The van der Waals surface area contributed by atoms with Gasteiger partial charge in [0.15, 0.2) is 0 Å². The van der Waals surface area contributed by atoms with E-state index in [4.69, 9.17) is 11.6 Å². The van der Waals surface area contributed by atoms with Crippen LogP contribution in [-0.2, 0) is 11.3 Å². The van der Waals surface area contributed by atoms with Crippen LogP contribution >= 0.6 is 23.4 Å². The minimum Gasteiger partial charge on any atom is -0.322 e. The normalized spacial score (nSPS) is 15.7. The molecule has 33 heavy (non-hydrogen) atoms. The third-order valence-corrected chi connectivity index (χ3v) is 7.24. The summed E-state index contributed by atoms with van der Waals surface area (Å²) in [6, 6.07) is 28.9. The summed E-state index contributed by atoms with van der Waals surface area (Å²) in [5.74, 6) is 0.394. The van der Waals surface area contributed by atoms with Gasteiger partial charge >= 0.3 is 0 Å². The Morgan fingerprint density at radius 1 is 0.939 bits per heavy atom. The first-order valence-electron chi connectivity index (χ1n) is 10.6. The Labute approximate surface area is 201 Å². The molecule has 4 aromatic carbocycles. The summed E-state index contributed by atoms with van der Waals surface area (Å²) in [5.41, 5.74) is 3.39. The van der Waals surface area contributed by atoms with Gasteiger partial charge in [0.05, 0.1) is 5.75 Å². The zero-order valence-corrected chi connectivity index (χ0v) is 19.3. The van der Waals surface area contributed by atoms with E-state index < -0.39 is 0 Å². The lowest BCUT2D eigenvalue weighted by Crippen LogP contribution is -2.27. The van der Waals surface area contributed by atoms with E-state index in [1.165, 1.54) is 0 Å². The molecule has 5 rings (SSSR count). The van der Waals surface area contributed by atoms with Gasteiger partial charge in [0, 0.05) is 28.2 Å². The van der Waals surface area contributed by atoms with Crippen LogP contribution in [0, 0.1) is 0 Å². The predicted octanol–water partition coefficient (Wildman–Crippen LogP) is 6.52. The van der Waals surface area contributed by atoms with E-state index in [2.05, 4.69) is 5.32 Å². The van der Waals surface area contributed by atoms with Crippen molar-refractivity contribution in [3.63, 3.8) is 0 Å². The Morgan fingerprint density at radius 2 is 1.67 bits per heavy atom. The molecule has 0 aromatic heterocycles. The monoisotopic (exact) mass is 472 g/mol. The van der Waals surface area contributed by atoms with E-state index in [1.807, 2.05) is 95.9 Å². The first-order chi connectivity index (χ1) is 16.1. The van der Waals surface area contributed by atoms with Crippen molar-refractivity contribution in [3.8, 4) is 0 Å². The average molecular weight is 473 g/mol. The molecule has 4 nitrogen and oxygen atoms in total. The number of thioether (sulfide) groups is 1. The quantitative estimate of drug-likeness (QED) is 0.359. The van der Waals surface area contributed by atoms with Gasteiger partial charge in [0.2, 0.25) is 5.91 Å². The minimum atomic E-state index is -0.161. The van der Waals surface area contributed by atoms with Crippen molar-refractivity contribution in [2.75, 3.05) is 11.1 Å². The van der Waals surface area contributed by atoms with Crippen LogP contribution in [0.15, 0.2) is 91.0 Å². The second-order valence-electron chi connectivity index (χ2n) is 7.91. The number of rotatable bonds is 5. The zero-order chi connectivity index (χ0) is 22.8. The van der Waals surface area contributed by atoms with Crippen LogP contribution in [0.3, 0.4) is 0 Å². The van der Waals surface area contributed by atoms with Crippen LogP contribution < -0.4 is 5.32 Å². The second-order valence-corrected chi connectivity index (χ2v) is 9.42. The van der Waals surface area contributed by atoms with Gasteiger partial charge in [-0.15, -0.1) is 11.8 Å². The highest BCUT2D eigenvalue weighted by atomic mass is 35.5. The Kier molecular flexibility index (Phi) is 6.07. The number of halogens is 1. The number of nitrogens with one attached hydrogen (secondary N) is 1. The Balaban J connectivity index is 1.32. The van der Waals surface area contributed by atoms with E-state index >= 15 is 0 Å². The molecule has 1 atom stereocenters. The first-order valence-corrected chi connectivity index (χ1v) is 12.1. The van der Waals surface area contributed by atoms with E-state index in [0.29, 0.717) is 22.9 Å². The van der Waals surface area contributed by atoms with Gasteiger partial charge in [-0.05, 0) is 46.8 Å². The molecule has 0 radical (unpaired) electrons. The number of carbonyl (C=O) groups is 2. The third kappa shape index (κ3) is 4.61. The molecule has 1 saturated heterocycles. The van der Waals surface area contributed by atoms with Gasteiger partial charge in [-0.25, -0.2) is 0 Å². The van der Waals surface area contributed by atoms with Gasteiger partial charge in [-0.1, -0.05) is 72.3 Å². The number of amides is 2. The van der Waals surface area contributed by atoms with Crippen LogP contribution in [0.1, 0.15) is 26.9 Å². The van der Waals surface area contributed by atoms with Crippen molar-refractivity contribution in [2.45, 2.75) is 11.9 Å². The maximum Gasteiger partial charge on any atom is 0.255 e. The second kappa shape index (κ2) is 9.30. The van der Waals surface area contributed by atoms with Gasteiger partial charge in [0.1, 0.15) is 5.37 Å². The highest BCUT2D eigenvalue weighted by molar-refractivity contribution is 8.00. The highest BCUT2D eigenvalue weighted by Gasteiger charge is 2.32. The topological polar surface area (TPSA) is 49.4 Å². The summed E-state index contributed by atoms with van der Waals surface area (Å²) in [7, 11) is 0. The SMILES string of the molecule is O=C(Nc1cccc2ccccc12)c1ccc([C@@H]2SCC(=O)N2Cc2ccc(Cl)cc2)cc1. The third-order valence-electron chi connectivity index (χ3n) is 5.73. The van der Waals surface area contributed by atoms with E-state index in [-0.39, 0.29) is 17.2 Å². The molecule has 1 fully saturated rings. The van der Waals surface area contributed by atoms with E-state index in [0.717, 1.165) is 27.6 Å². The summed E-state index contributed by atoms with van der Waals surface area (Å²) >= 11 is 7.59. The molecule has 0 spiro atoms. The Hall–Kier alpha value is -3.28. The van der Waals surface area contributed by atoms with Crippen LogP contribution in [-0.4, -0.2) is 22.5 Å². The number of fused-ring (bicyclic) bond motifs is 1. The molecular weight excluding hydrogens is 452 g/mol. The van der Waals surface area contributed by atoms with Gasteiger partial charge in [-0.3, -0.25) is 9.59 Å². The molecule has 2 amide bonds. The summed E-state index contributed by atoms with van der Waals surface area (Å²) in [6.45, 7) is 0.525. The fraction of sp³-hybridized carbons (Fsp3) is 0.111. The van der Waals surface area contributed by atoms with Gasteiger partial charge in [0.25, 0.3) is 5.91 Å². The maximum absolute atomic E-state index is 12.9. The highest BCUT2D eigenvalue weighted by Crippen LogP contribution is 2.39. The molecule has 1 heterocycles. The molecule has 0 saturated carbocycles. The number of carbonyl (C=O) groups excluding carboxylic acids is 2. The van der Waals surface area contributed by atoms with Crippen LogP contribution in [0.2, 0.25) is 5.02 Å². The summed E-state index contributed by atoms with van der Waals surface area (Å²) in [5, 5.41) is 5.70. The maximum atomic E-state index is 12.9.